The molecular formula is C20H23N3O3S. The van der Waals surface area contributed by atoms with Crippen molar-refractivity contribution in [3.63, 3.8) is 0 Å². The minimum absolute atomic E-state index is 0.00201. The summed E-state index contributed by atoms with van der Waals surface area (Å²) in [6.45, 7) is 3.13. The molecular weight excluding hydrogens is 362 g/mol. The van der Waals surface area contributed by atoms with E-state index in [2.05, 4.69) is 22.1 Å². The first-order chi connectivity index (χ1) is 13.0. The summed E-state index contributed by atoms with van der Waals surface area (Å²) in [5.41, 5.74) is 3.03. The van der Waals surface area contributed by atoms with E-state index in [0.717, 1.165) is 6.42 Å². The maximum Gasteiger partial charge on any atom is 0.251 e. The van der Waals surface area contributed by atoms with Crippen LogP contribution in [0.5, 0.6) is 0 Å². The molecule has 0 atom stereocenters. The zero-order valence-electron chi connectivity index (χ0n) is 15.5. The molecule has 2 heterocycles. The second-order valence-corrected chi connectivity index (χ2v) is 7.54. The second-order valence-electron chi connectivity index (χ2n) is 6.54. The summed E-state index contributed by atoms with van der Waals surface area (Å²) in [7, 11) is 1.57. The Hall–Kier alpha value is -2.67. The van der Waals surface area contributed by atoms with E-state index in [1.165, 1.54) is 10.4 Å². The molecule has 0 unspecified atom stereocenters. The van der Waals surface area contributed by atoms with Crippen LogP contribution in [0.2, 0.25) is 0 Å². The maximum atomic E-state index is 12.4. The number of thiophene rings is 1. The van der Waals surface area contributed by atoms with Crippen LogP contribution in [0.1, 0.15) is 39.2 Å². The summed E-state index contributed by atoms with van der Waals surface area (Å²) in [6.07, 6.45) is 1.19. The number of hydrogen-bond donors (Lipinski definition) is 2. The average molecular weight is 385 g/mol. The van der Waals surface area contributed by atoms with Crippen molar-refractivity contribution in [1.29, 1.82) is 0 Å². The molecule has 0 bridgehead atoms. The molecule has 7 heteroatoms. The van der Waals surface area contributed by atoms with Gasteiger partial charge in [0.05, 0.1) is 0 Å². The zero-order valence-corrected chi connectivity index (χ0v) is 16.3. The van der Waals surface area contributed by atoms with E-state index in [1.54, 1.807) is 43.5 Å². The van der Waals surface area contributed by atoms with E-state index in [1.807, 2.05) is 4.90 Å². The van der Waals surface area contributed by atoms with Gasteiger partial charge in [0.2, 0.25) is 11.8 Å². The number of fused-ring (bicyclic) bond motifs is 1. The Bertz CT molecular complexity index is 875. The van der Waals surface area contributed by atoms with Crippen molar-refractivity contribution in [3.05, 3.63) is 51.2 Å². The van der Waals surface area contributed by atoms with Crippen molar-refractivity contribution in [3.8, 4) is 0 Å². The van der Waals surface area contributed by atoms with Gasteiger partial charge in [0.1, 0.15) is 0 Å². The molecule has 142 valence electrons. The SMILES string of the molecule is CNC(=O)c1cccc(NC(=O)CCC(=O)N2CCc3sccc3C2)c1C. The highest BCUT2D eigenvalue weighted by molar-refractivity contribution is 7.10. The predicted molar refractivity (Wildman–Crippen MR) is 106 cm³/mol. The van der Waals surface area contributed by atoms with Gasteiger partial charge in [0.15, 0.2) is 0 Å². The lowest BCUT2D eigenvalue weighted by atomic mass is 10.1. The van der Waals surface area contributed by atoms with Gasteiger partial charge < -0.3 is 15.5 Å². The minimum Gasteiger partial charge on any atom is -0.355 e. The van der Waals surface area contributed by atoms with Crippen molar-refractivity contribution in [2.45, 2.75) is 32.7 Å². The lowest BCUT2D eigenvalue weighted by Crippen LogP contribution is -2.35. The molecule has 1 aromatic carbocycles. The fourth-order valence-electron chi connectivity index (χ4n) is 3.20. The number of amides is 3. The molecule has 1 aliphatic rings. The fourth-order valence-corrected chi connectivity index (χ4v) is 4.09. The summed E-state index contributed by atoms with van der Waals surface area (Å²) >= 11 is 1.73. The number of hydrogen-bond acceptors (Lipinski definition) is 4. The van der Waals surface area contributed by atoms with Crippen LogP contribution in [-0.2, 0) is 22.6 Å². The molecule has 27 heavy (non-hydrogen) atoms. The van der Waals surface area contributed by atoms with Gasteiger partial charge in [-0.1, -0.05) is 6.07 Å². The first-order valence-electron chi connectivity index (χ1n) is 8.94. The largest absolute Gasteiger partial charge is 0.355 e. The van der Waals surface area contributed by atoms with Crippen LogP contribution in [0, 0.1) is 6.92 Å². The van der Waals surface area contributed by atoms with Crippen LogP contribution in [0.15, 0.2) is 29.6 Å². The molecule has 2 N–H and O–H groups in total. The highest BCUT2D eigenvalue weighted by Crippen LogP contribution is 2.24. The Morgan fingerprint density at radius 3 is 2.78 bits per heavy atom. The lowest BCUT2D eigenvalue weighted by molar-refractivity contribution is -0.133. The molecule has 0 fully saturated rings. The number of nitrogens with one attached hydrogen (secondary N) is 2. The van der Waals surface area contributed by atoms with E-state index in [0.29, 0.717) is 29.9 Å². The molecule has 2 aromatic rings. The average Bonchev–Trinajstić information content (AvgIpc) is 3.15. The molecule has 0 aliphatic carbocycles. The third-order valence-electron chi connectivity index (χ3n) is 4.81. The third kappa shape index (κ3) is 4.36. The Balaban J connectivity index is 1.54. The van der Waals surface area contributed by atoms with Gasteiger partial charge in [-0.2, -0.15) is 0 Å². The zero-order chi connectivity index (χ0) is 19.4. The van der Waals surface area contributed by atoms with E-state index in [9.17, 15) is 14.4 Å². The highest BCUT2D eigenvalue weighted by Gasteiger charge is 2.22. The van der Waals surface area contributed by atoms with Crippen LogP contribution in [0.3, 0.4) is 0 Å². The predicted octanol–water partition coefficient (Wildman–Crippen LogP) is 2.72. The topological polar surface area (TPSA) is 78.5 Å². The van der Waals surface area contributed by atoms with Gasteiger partial charge in [-0.3, -0.25) is 14.4 Å². The Morgan fingerprint density at radius 2 is 2.00 bits per heavy atom. The number of anilines is 1. The maximum absolute atomic E-state index is 12.4. The summed E-state index contributed by atoms with van der Waals surface area (Å²) in [4.78, 5) is 39.7. The lowest BCUT2D eigenvalue weighted by Gasteiger charge is -2.27. The smallest absolute Gasteiger partial charge is 0.251 e. The Labute approximate surface area is 162 Å². The van der Waals surface area contributed by atoms with Crippen LogP contribution in [0.25, 0.3) is 0 Å². The van der Waals surface area contributed by atoms with Crippen molar-refractivity contribution in [1.82, 2.24) is 10.2 Å². The van der Waals surface area contributed by atoms with Crippen molar-refractivity contribution in [2.75, 3.05) is 18.9 Å². The minimum atomic E-state index is -0.228. The second kappa shape index (κ2) is 8.35. The normalized spacial score (nSPS) is 13.0. The number of nitrogens with zero attached hydrogens (tertiary/aromatic N) is 1. The van der Waals surface area contributed by atoms with Crippen LogP contribution >= 0.6 is 11.3 Å². The van der Waals surface area contributed by atoms with E-state index in [-0.39, 0.29) is 30.6 Å². The van der Waals surface area contributed by atoms with Crippen molar-refractivity contribution < 1.29 is 14.4 Å². The van der Waals surface area contributed by atoms with Gasteiger partial charge in [-0.05, 0) is 48.1 Å². The molecule has 3 amide bonds. The van der Waals surface area contributed by atoms with Crippen molar-refractivity contribution >= 4 is 34.7 Å². The van der Waals surface area contributed by atoms with Crippen LogP contribution in [-0.4, -0.2) is 36.2 Å². The number of rotatable bonds is 5. The van der Waals surface area contributed by atoms with Gasteiger partial charge in [0, 0.05) is 49.1 Å². The third-order valence-corrected chi connectivity index (χ3v) is 5.83. The molecule has 1 aliphatic heterocycles. The summed E-state index contributed by atoms with van der Waals surface area (Å²) in [5.74, 6) is -0.428. The van der Waals surface area contributed by atoms with E-state index >= 15 is 0 Å². The number of carbonyl (C=O) groups is 3. The van der Waals surface area contributed by atoms with Crippen LogP contribution < -0.4 is 10.6 Å². The van der Waals surface area contributed by atoms with Crippen molar-refractivity contribution in [2.24, 2.45) is 0 Å². The first-order valence-corrected chi connectivity index (χ1v) is 9.82. The molecule has 0 spiro atoms. The quantitative estimate of drug-likeness (QED) is 0.831. The van der Waals surface area contributed by atoms with Gasteiger partial charge >= 0.3 is 0 Å². The molecule has 6 nitrogen and oxygen atoms in total. The highest BCUT2D eigenvalue weighted by atomic mass is 32.1. The van der Waals surface area contributed by atoms with Gasteiger partial charge in [-0.15, -0.1) is 11.3 Å². The first kappa shape index (κ1) is 19.1. The monoisotopic (exact) mass is 385 g/mol. The standard InChI is InChI=1S/C20H23N3O3S/c1-13-15(20(26)21-2)4-3-5-16(13)22-18(24)6-7-19(25)23-10-8-17-14(12-23)9-11-27-17/h3-5,9,11H,6-8,10,12H2,1-2H3,(H,21,26)(H,22,24). The van der Waals surface area contributed by atoms with Gasteiger partial charge in [0.25, 0.3) is 5.91 Å². The number of carbonyl (C=O) groups excluding carboxylic acids is 3. The molecule has 0 radical (unpaired) electrons. The summed E-state index contributed by atoms with van der Waals surface area (Å²) < 4.78 is 0. The molecule has 1 aromatic heterocycles. The summed E-state index contributed by atoms with van der Waals surface area (Å²) in [6, 6.07) is 7.26. The molecule has 3 rings (SSSR count). The van der Waals surface area contributed by atoms with Gasteiger partial charge in [-0.25, -0.2) is 0 Å². The van der Waals surface area contributed by atoms with E-state index < -0.39 is 0 Å². The number of benzene rings is 1. The molecule has 0 saturated carbocycles. The Kier molecular flexibility index (Phi) is 5.91. The molecule has 0 saturated heterocycles. The summed E-state index contributed by atoms with van der Waals surface area (Å²) in [5, 5.41) is 7.45. The van der Waals surface area contributed by atoms with Crippen LogP contribution in [0.4, 0.5) is 5.69 Å². The van der Waals surface area contributed by atoms with E-state index in [4.69, 9.17) is 0 Å². The Morgan fingerprint density at radius 1 is 1.19 bits per heavy atom. The fraction of sp³-hybridized carbons (Fsp3) is 0.350.